The van der Waals surface area contributed by atoms with Crippen molar-refractivity contribution in [1.29, 1.82) is 0 Å². The van der Waals surface area contributed by atoms with Gasteiger partial charge in [0.15, 0.2) is 28.7 Å². The van der Waals surface area contributed by atoms with Gasteiger partial charge in [-0.25, -0.2) is 13.2 Å². The van der Waals surface area contributed by atoms with Crippen LogP contribution in [0.25, 0.3) is 0 Å². The molecule has 0 heterocycles. The number of hydrogen-bond acceptors (Lipinski definition) is 6. The molecule has 63 heavy (non-hydrogen) atoms. The number of ether oxygens (including phenoxy) is 3. The summed E-state index contributed by atoms with van der Waals surface area (Å²) in [7, 11) is 0. The molecule has 6 N–H and O–H groups in total. The molecule has 4 aromatic carbocycles. The van der Waals surface area contributed by atoms with E-state index in [4.69, 9.17) is 31.4 Å². The second kappa shape index (κ2) is 13.7. The van der Waals surface area contributed by atoms with Crippen LogP contribution in [-0.4, -0.2) is 0 Å². The molecule has 0 spiro atoms. The molecule has 330 valence electrons. The molecular weight excluding hydrogens is 796 g/mol. The van der Waals surface area contributed by atoms with Gasteiger partial charge in [-0.1, -0.05) is 0 Å². The van der Waals surface area contributed by atoms with Gasteiger partial charge in [-0.15, -0.1) is 0 Å². The summed E-state index contributed by atoms with van der Waals surface area (Å²) in [5.41, 5.74) is 24.2. The Morgan fingerprint density at radius 3 is 0.841 bits per heavy atom. The van der Waals surface area contributed by atoms with Crippen molar-refractivity contribution >= 4 is 17.1 Å². The lowest BCUT2D eigenvalue weighted by Crippen LogP contribution is -2.55. The summed E-state index contributed by atoms with van der Waals surface area (Å²) in [6.07, 6.45) is 21.4. The highest BCUT2D eigenvalue weighted by atomic mass is 19.1. The highest BCUT2D eigenvalue weighted by Gasteiger charge is 2.62. The summed E-state index contributed by atoms with van der Waals surface area (Å²) in [6.45, 7) is 0. The molecule has 12 bridgehead atoms. The molecule has 0 atom stereocenters. The maximum absolute atomic E-state index is 14.9. The third-order valence-electron chi connectivity index (χ3n) is 18.6. The van der Waals surface area contributed by atoms with Gasteiger partial charge in [0.2, 0.25) is 5.75 Å². The number of hydrogen-bond donors (Lipinski definition) is 3. The van der Waals surface area contributed by atoms with E-state index in [1.165, 1.54) is 111 Å². The summed E-state index contributed by atoms with van der Waals surface area (Å²) < 4.78 is 66.9. The molecule has 4 aromatic rings. The quantitative estimate of drug-likeness (QED) is 0.145. The normalized spacial score (nSPS) is 37.5. The molecule has 12 aliphatic rings. The minimum atomic E-state index is -0.466. The molecule has 0 radical (unpaired) electrons. The first-order valence-electron chi connectivity index (χ1n) is 24.3. The summed E-state index contributed by atoms with van der Waals surface area (Å²) in [4.78, 5) is 0. The maximum Gasteiger partial charge on any atom is 0.213 e. The van der Waals surface area contributed by atoms with Crippen LogP contribution < -0.4 is 31.4 Å². The Bertz CT molecular complexity index is 2320. The number of nitrogen functional groups attached to an aromatic ring is 3. The van der Waals surface area contributed by atoms with E-state index < -0.39 is 17.5 Å². The summed E-state index contributed by atoms with van der Waals surface area (Å²) in [5, 5.41) is 0. The molecule has 0 amide bonds. The van der Waals surface area contributed by atoms with Gasteiger partial charge in [-0.2, -0.15) is 0 Å². The predicted molar refractivity (Wildman–Crippen MR) is 239 cm³/mol. The van der Waals surface area contributed by atoms with Crippen LogP contribution in [0.4, 0.5) is 30.2 Å². The average Bonchev–Trinajstić information content (AvgIpc) is 3.20. The molecule has 0 saturated heterocycles. The van der Waals surface area contributed by atoms with Gasteiger partial charge in [0.25, 0.3) is 0 Å². The summed E-state index contributed by atoms with van der Waals surface area (Å²) in [5.74, 6) is 6.79. The lowest BCUT2D eigenvalue weighted by Gasteiger charge is -2.63. The third kappa shape index (κ3) is 6.16. The molecular formula is C54H60F3N3O3. The van der Waals surface area contributed by atoms with Gasteiger partial charge in [0.1, 0.15) is 17.5 Å². The van der Waals surface area contributed by atoms with Gasteiger partial charge >= 0.3 is 0 Å². The van der Waals surface area contributed by atoms with E-state index in [2.05, 4.69) is 0 Å². The summed E-state index contributed by atoms with van der Waals surface area (Å²) in [6, 6.07) is 12.9. The van der Waals surface area contributed by atoms with Gasteiger partial charge in [-0.3, -0.25) is 0 Å². The monoisotopic (exact) mass is 855 g/mol. The van der Waals surface area contributed by atoms with Gasteiger partial charge in [0.05, 0.1) is 17.1 Å². The standard InChI is InChI=1S/C54H60F3N3O3/c55-37-1-4-43(40(58)16-37)61-49-47(53-22-31-10-32(23-53)12-33(11-31)24-53)46(52-19-28-7-29(20-52)9-30(8-28)21-52)48(54-25-34-13-35(26-54)15-36(14-34)27-54)50(62-44-5-2-38(56)17-41(44)59)51(49)63-45-6-3-39(57)18-42(45)60/h1-6,16-18,28-36H,7-15,19-27,58-60H2. The fourth-order valence-electron chi connectivity index (χ4n) is 17.9. The number of anilines is 3. The molecule has 12 fully saturated rings. The molecule has 6 nitrogen and oxygen atoms in total. The van der Waals surface area contributed by atoms with E-state index in [-0.39, 0.29) is 39.1 Å². The van der Waals surface area contributed by atoms with Crippen LogP contribution in [0.5, 0.6) is 34.5 Å². The number of halogens is 3. The van der Waals surface area contributed by atoms with E-state index in [1.54, 1.807) is 18.2 Å². The number of benzene rings is 4. The zero-order valence-electron chi connectivity index (χ0n) is 36.2. The molecule has 16 rings (SSSR count). The highest BCUT2D eigenvalue weighted by molar-refractivity contribution is 5.74. The van der Waals surface area contributed by atoms with Crippen LogP contribution in [0, 0.1) is 70.7 Å². The maximum atomic E-state index is 14.9. The lowest BCUT2D eigenvalue weighted by atomic mass is 9.41. The molecule has 0 aliphatic heterocycles. The number of rotatable bonds is 9. The van der Waals surface area contributed by atoms with Crippen molar-refractivity contribution in [1.82, 2.24) is 0 Å². The van der Waals surface area contributed by atoms with Crippen molar-refractivity contribution in [2.75, 3.05) is 17.2 Å². The van der Waals surface area contributed by atoms with Crippen LogP contribution in [0.1, 0.15) is 132 Å². The number of nitrogens with two attached hydrogens (primary N) is 3. The lowest BCUT2D eigenvalue weighted by molar-refractivity contribution is -0.0255. The zero-order chi connectivity index (χ0) is 42.6. The zero-order valence-corrected chi connectivity index (χ0v) is 36.2. The Morgan fingerprint density at radius 1 is 0.349 bits per heavy atom. The predicted octanol–water partition coefficient (Wildman–Crippen LogP) is 13.6. The average molecular weight is 856 g/mol. The van der Waals surface area contributed by atoms with Crippen molar-refractivity contribution in [2.45, 2.75) is 132 Å². The minimum absolute atomic E-state index is 0.113. The van der Waals surface area contributed by atoms with Crippen LogP contribution in [0.15, 0.2) is 54.6 Å². The van der Waals surface area contributed by atoms with Crippen LogP contribution in [0.2, 0.25) is 0 Å². The van der Waals surface area contributed by atoms with Crippen LogP contribution >= 0.6 is 0 Å². The van der Waals surface area contributed by atoms with E-state index in [0.29, 0.717) is 82.0 Å². The first-order chi connectivity index (χ1) is 30.4. The molecule has 0 aromatic heterocycles. The first-order valence-corrected chi connectivity index (χ1v) is 24.3. The van der Waals surface area contributed by atoms with Crippen molar-refractivity contribution in [3.63, 3.8) is 0 Å². The van der Waals surface area contributed by atoms with Crippen molar-refractivity contribution in [3.8, 4) is 34.5 Å². The highest BCUT2D eigenvalue weighted by Crippen LogP contribution is 2.73. The molecule has 0 unspecified atom stereocenters. The second-order valence-corrected chi connectivity index (χ2v) is 23.1. The van der Waals surface area contributed by atoms with Crippen molar-refractivity contribution < 1.29 is 27.4 Å². The Labute approximate surface area is 368 Å². The van der Waals surface area contributed by atoms with E-state index in [1.807, 2.05) is 0 Å². The van der Waals surface area contributed by atoms with Gasteiger partial charge < -0.3 is 31.4 Å². The SMILES string of the molecule is Nc1cc(F)ccc1Oc1c(Oc2ccc(F)cc2N)c(C23CC4CC(CC(C4)C2)C3)c(C23CC4CC(CC(C4)C2)C3)c(C23CC4CC(CC(C4)C2)C3)c1Oc1ccc(F)cc1N. The Hall–Kier alpha value is -4.53. The molecule has 12 aliphatic carbocycles. The van der Waals surface area contributed by atoms with Crippen LogP contribution in [0.3, 0.4) is 0 Å². The molecule has 9 heteroatoms. The summed E-state index contributed by atoms with van der Waals surface area (Å²) >= 11 is 0. The fourth-order valence-corrected chi connectivity index (χ4v) is 17.9. The molecule has 12 saturated carbocycles. The largest absolute Gasteiger partial charge is 0.451 e. The Kier molecular flexibility index (Phi) is 8.48. The van der Waals surface area contributed by atoms with Gasteiger partial charge in [0, 0.05) is 40.2 Å². The fraction of sp³-hybridized carbons (Fsp3) is 0.556. The van der Waals surface area contributed by atoms with E-state index >= 15 is 0 Å². The van der Waals surface area contributed by atoms with Crippen LogP contribution in [-0.2, 0) is 16.2 Å². The minimum Gasteiger partial charge on any atom is -0.451 e. The van der Waals surface area contributed by atoms with E-state index in [0.717, 1.165) is 57.8 Å². The van der Waals surface area contributed by atoms with Crippen molar-refractivity contribution in [3.05, 3.63) is 88.7 Å². The van der Waals surface area contributed by atoms with Crippen molar-refractivity contribution in [2.24, 2.45) is 53.3 Å². The first kappa shape index (κ1) is 38.9. The smallest absolute Gasteiger partial charge is 0.213 e. The van der Waals surface area contributed by atoms with Gasteiger partial charge in [-0.05, 0) is 216 Å². The second-order valence-electron chi connectivity index (χ2n) is 23.1. The third-order valence-corrected chi connectivity index (χ3v) is 18.6. The van der Waals surface area contributed by atoms with E-state index in [9.17, 15) is 13.2 Å². The Morgan fingerprint density at radius 2 is 0.587 bits per heavy atom. The topological polar surface area (TPSA) is 106 Å². The Balaban J connectivity index is 1.19.